The third kappa shape index (κ3) is 5.72. The Morgan fingerprint density at radius 3 is 2.60 bits per heavy atom. The van der Waals surface area contributed by atoms with E-state index in [9.17, 15) is 9.59 Å². The van der Waals surface area contributed by atoms with Crippen LogP contribution in [0.25, 0.3) is 0 Å². The molecule has 1 aromatic heterocycles. The Bertz CT molecular complexity index is 1060. The number of rotatable bonds is 7. The molecule has 1 heterocycles. The van der Waals surface area contributed by atoms with Crippen molar-refractivity contribution in [2.75, 3.05) is 17.7 Å². The summed E-state index contributed by atoms with van der Waals surface area (Å²) in [5, 5.41) is 6.68. The summed E-state index contributed by atoms with van der Waals surface area (Å²) in [6, 6.07) is 13.5. The summed E-state index contributed by atoms with van der Waals surface area (Å²) in [5.41, 5.74) is 2.32. The molecule has 8 heteroatoms. The zero-order valence-electron chi connectivity index (χ0n) is 16.1. The van der Waals surface area contributed by atoms with E-state index in [-0.39, 0.29) is 18.2 Å². The standard InChI is InChI=1S/C22H19Cl2N3O3/c1-30-20-12-17(7-8-19(20)27-22(29)15-3-2-10-25-13-15)26-21(28)9-5-14-4-6-16(23)11-18(14)24/h2-4,6-8,10-13H,5,9H2,1H3,(H,26,28)(H,27,29). The van der Waals surface area contributed by atoms with E-state index in [1.54, 1.807) is 54.7 Å². The summed E-state index contributed by atoms with van der Waals surface area (Å²) < 4.78 is 5.35. The highest BCUT2D eigenvalue weighted by atomic mass is 35.5. The molecule has 0 atom stereocenters. The molecule has 0 saturated heterocycles. The molecule has 2 aromatic carbocycles. The van der Waals surface area contributed by atoms with Crippen molar-refractivity contribution in [3.63, 3.8) is 0 Å². The van der Waals surface area contributed by atoms with Crippen LogP contribution in [0.3, 0.4) is 0 Å². The van der Waals surface area contributed by atoms with Crippen molar-refractivity contribution < 1.29 is 14.3 Å². The molecule has 30 heavy (non-hydrogen) atoms. The van der Waals surface area contributed by atoms with Crippen LogP contribution in [-0.4, -0.2) is 23.9 Å². The van der Waals surface area contributed by atoms with E-state index in [2.05, 4.69) is 15.6 Å². The van der Waals surface area contributed by atoms with Crippen LogP contribution in [0.2, 0.25) is 10.0 Å². The lowest BCUT2D eigenvalue weighted by Gasteiger charge is -2.13. The number of halogens is 2. The Kier molecular flexibility index (Phi) is 7.27. The quantitative estimate of drug-likeness (QED) is 0.524. The molecule has 0 aliphatic rings. The van der Waals surface area contributed by atoms with Crippen molar-refractivity contribution in [2.24, 2.45) is 0 Å². The second kappa shape index (κ2) is 10.1. The number of pyridine rings is 1. The molecule has 0 aliphatic carbocycles. The number of ether oxygens (including phenoxy) is 1. The van der Waals surface area contributed by atoms with Gasteiger partial charge in [-0.15, -0.1) is 0 Å². The number of aryl methyl sites for hydroxylation is 1. The molecule has 2 N–H and O–H groups in total. The first-order chi connectivity index (χ1) is 14.5. The number of aromatic nitrogens is 1. The molecule has 0 fully saturated rings. The number of anilines is 2. The van der Waals surface area contributed by atoms with Gasteiger partial charge >= 0.3 is 0 Å². The second-order valence-electron chi connectivity index (χ2n) is 6.39. The molecule has 0 radical (unpaired) electrons. The highest BCUT2D eigenvalue weighted by molar-refractivity contribution is 6.35. The van der Waals surface area contributed by atoms with Gasteiger partial charge in [-0.3, -0.25) is 14.6 Å². The summed E-state index contributed by atoms with van der Waals surface area (Å²) >= 11 is 12.0. The van der Waals surface area contributed by atoms with E-state index in [4.69, 9.17) is 27.9 Å². The highest BCUT2D eigenvalue weighted by Crippen LogP contribution is 2.29. The van der Waals surface area contributed by atoms with Gasteiger partial charge < -0.3 is 15.4 Å². The van der Waals surface area contributed by atoms with Gasteiger partial charge in [-0.05, 0) is 48.4 Å². The van der Waals surface area contributed by atoms with Gasteiger partial charge in [0.15, 0.2) is 0 Å². The lowest BCUT2D eigenvalue weighted by molar-refractivity contribution is -0.116. The van der Waals surface area contributed by atoms with Crippen molar-refractivity contribution in [1.29, 1.82) is 0 Å². The predicted molar refractivity (Wildman–Crippen MR) is 119 cm³/mol. The van der Waals surface area contributed by atoms with Gasteiger partial charge in [-0.25, -0.2) is 0 Å². The average Bonchev–Trinajstić information content (AvgIpc) is 2.74. The number of nitrogens with one attached hydrogen (secondary N) is 2. The number of amides is 2. The first-order valence-corrected chi connectivity index (χ1v) is 9.85. The van der Waals surface area contributed by atoms with Gasteiger partial charge in [0, 0.05) is 40.6 Å². The number of carbonyl (C=O) groups is 2. The fraction of sp³-hybridized carbons (Fsp3) is 0.136. The normalized spacial score (nSPS) is 10.4. The number of methoxy groups -OCH3 is 1. The van der Waals surface area contributed by atoms with E-state index in [0.29, 0.717) is 39.2 Å². The van der Waals surface area contributed by atoms with Crippen molar-refractivity contribution in [3.8, 4) is 5.75 Å². The SMILES string of the molecule is COc1cc(NC(=O)CCc2ccc(Cl)cc2Cl)ccc1NC(=O)c1cccnc1. The van der Waals surface area contributed by atoms with Crippen LogP contribution in [0.4, 0.5) is 11.4 Å². The van der Waals surface area contributed by atoms with Crippen LogP contribution in [0.5, 0.6) is 5.75 Å². The van der Waals surface area contributed by atoms with Crippen LogP contribution in [0.15, 0.2) is 60.9 Å². The Labute approximate surface area is 184 Å². The maximum Gasteiger partial charge on any atom is 0.257 e. The van der Waals surface area contributed by atoms with Crippen molar-refractivity contribution in [3.05, 3.63) is 82.1 Å². The van der Waals surface area contributed by atoms with Crippen LogP contribution in [0, 0.1) is 0 Å². The van der Waals surface area contributed by atoms with Gasteiger partial charge in [-0.2, -0.15) is 0 Å². The van der Waals surface area contributed by atoms with Crippen LogP contribution < -0.4 is 15.4 Å². The number of nitrogens with zero attached hydrogens (tertiary/aromatic N) is 1. The fourth-order valence-electron chi connectivity index (χ4n) is 2.76. The molecule has 0 spiro atoms. The van der Waals surface area contributed by atoms with Crippen LogP contribution >= 0.6 is 23.2 Å². The van der Waals surface area contributed by atoms with Crippen molar-refractivity contribution in [1.82, 2.24) is 4.98 Å². The molecule has 0 unspecified atom stereocenters. The third-order valence-electron chi connectivity index (χ3n) is 4.29. The lowest BCUT2D eigenvalue weighted by atomic mass is 10.1. The number of benzene rings is 2. The Balaban J connectivity index is 1.62. The number of carbonyl (C=O) groups excluding carboxylic acids is 2. The van der Waals surface area contributed by atoms with Crippen molar-refractivity contribution >= 4 is 46.4 Å². The van der Waals surface area contributed by atoms with E-state index in [0.717, 1.165) is 5.56 Å². The van der Waals surface area contributed by atoms with Crippen molar-refractivity contribution in [2.45, 2.75) is 12.8 Å². The summed E-state index contributed by atoms with van der Waals surface area (Å²) in [7, 11) is 1.49. The Morgan fingerprint density at radius 2 is 1.90 bits per heavy atom. The molecule has 3 rings (SSSR count). The van der Waals surface area contributed by atoms with Gasteiger partial charge in [0.2, 0.25) is 5.91 Å². The van der Waals surface area contributed by atoms with E-state index >= 15 is 0 Å². The zero-order chi connectivity index (χ0) is 21.5. The zero-order valence-corrected chi connectivity index (χ0v) is 17.6. The number of hydrogen-bond donors (Lipinski definition) is 2. The minimum Gasteiger partial charge on any atom is -0.494 e. The molecule has 0 aliphatic heterocycles. The first kappa shape index (κ1) is 21.6. The van der Waals surface area contributed by atoms with Gasteiger partial charge in [0.05, 0.1) is 18.4 Å². The highest BCUT2D eigenvalue weighted by Gasteiger charge is 2.12. The fourth-order valence-corrected chi connectivity index (χ4v) is 3.26. The summed E-state index contributed by atoms with van der Waals surface area (Å²) in [5.74, 6) is -0.0565. The monoisotopic (exact) mass is 443 g/mol. The van der Waals surface area contributed by atoms with Gasteiger partial charge in [0.1, 0.15) is 5.75 Å². The van der Waals surface area contributed by atoms with Crippen LogP contribution in [0.1, 0.15) is 22.3 Å². The smallest absolute Gasteiger partial charge is 0.257 e. The third-order valence-corrected chi connectivity index (χ3v) is 4.88. The molecule has 6 nitrogen and oxygen atoms in total. The molecule has 154 valence electrons. The molecule has 2 amide bonds. The topological polar surface area (TPSA) is 80.3 Å². The minimum absolute atomic E-state index is 0.171. The van der Waals surface area contributed by atoms with Gasteiger partial charge in [-0.1, -0.05) is 29.3 Å². The van der Waals surface area contributed by atoms with Crippen LogP contribution in [-0.2, 0) is 11.2 Å². The number of hydrogen-bond acceptors (Lipinski definition) is 4. The molecular weight excluding hydrogens is 425 g/mol. The maximum absolute atomic E-state index is 12.3. The maximum atomic E-state index is 12.3. The van der Waals surface area contributed by atoms with Gasteiger partial charge in [0.25, 0.3) is 5.91 Å². The van der Waals surface area contributed by atoms with E-state index < -0.39 is 0 Å². The lowest BCUT2D eigenvalue weighted by Crippen LogP contribution is -2.14. The molecule has 0 saturated carbocycles. The average molecular weight is 444 g/mol. The minimum atomic E-state index is -0.307. The largest absolute Gasteiger partial charge is 0.494 e. The summed E-state index contributed by atoms with van der Waals surface area (Å²) in [6.45, 7) is 0. The molecule has 0 bridgehead atoms. The Morgan fingerprint density at radius 1 is 1.07 bits per heavy atom. The van der Waals surface area contributed by atoms with E-state index in [1.165, 1.54) is 13.3 Å². The predicted octanol–water partition coefficient (Wildman–Crippen LogP) is 5.22. The first-order valence-electron chi connectivity index (χ1n) is 9.09. The second-order valence-corrected chi connectivity index (χ2v) is 7.24. The molecule has 3 aromatic rings. The van der Waals surface area contributed by atoms with E-state index in [1.807, 2.05) is 0 Å². The molecular formula is C22H19Cl2N3O3. The Hall–Kier alpha value is -3.09. The summed E-state index contributed by atoms with van der Waals surface area (Å²) in [4.78, 5) is 28.6. The summed E-state index contributed by atoms with van der Waals surface area (Å²) in [6.07, 6.45) is 3.81.